The molecule has 30 heavy (non-hydrogen) atoms. The number of pyridine rings is 1. The second-order valence-electron chi connectivity index (χ2n) is 7.73. The summed E-state index contributed by atoms with van der Waals surface area (Å²) >= 11 is 0. The molecular formula is C22H32IN5O2. The van der Waals surface area contributed by atoms with Gasteiger partial charge in [0, 0.05) is 39.1 Å². The Labute approximate surface area is 195 Å². The number of esters is 1. The monoisotopic (exact) mass is 525 g/mol. The molecule has 2 heterocycles. The van der Waals surface area contributed by atoms with Crippen molar-refractivity contribution in [3.05, 3.63) is 35.9 Å². The zero-order chi connectivity index (χ0) is 21.0. The summed E-state index contributed by atoms with van der Waals surface area (Å²) in [6, 6.07) is 10.2. The number of para-hydroxylation sites is 1. The number of nitrogens with one attached hydrogen (secondary N) is 1. The molecule has 1 saturated heterocycles. The molecule has 2 aromatic rings. The number of guanidine groups is 1. The Morgan fingerprint density at radius 1 is 1.33 bits per heavy atom. The number of nitrogens with zero attached hydrogens (tertiary/aromatic N) is 4. The van der Waals surface area contributed by atoms with E-state index in [1.165, 1.54) is 7.11 Å². The summed E-state index contributed by atoms with van der Waals surface area (Å²) in [5.74, 6) is 1.71. The van der Waals surface area contributed by atoms with Crippen LogP contribution in [0, 0.1) is 11.8 Å². The van der Waals surface area contributed by atoms with E-state index in [2.05, 4.69) is 36.2 Å². The molecule has 1 aliphatic rings. The number of halogens is 1. The summed E-state index contributed by atoms with van der Waals surface area (Å²) in [7, 11) is 5.44. The second-order valence-corrected chi connectivity index (χ2v) is 7.73. The first-order chi connectivity index (χ1) is 13.9. The van der Waals surface area contributed by atoms with E-state index in [0.717, 1.165) is 41.3 Å². The number of hydrogen-bond acceptors (Lipinski definition) is 5. The summed E-state index contributed by atoms with van der Waals surface area (Å²) in [6.45, 7) is 6.86. The Kier molecular flexibility index (Phi) is 8.69. The number of carbonyl (C=O) groups excluding carboxylic acids is 1. The number of ether oxygens (including phenoxy) is 1. The highest BCUT2D eigenvalue weighted by atomic mass is 127. The number of methoxy groups -OCH3 is 1. The maximum absolute atomic E-state index is 12.1. The van der Waals surface area contributed by atoms with Gasteiger partial charge < -0.3 is 19.9 Å². The molecule has 0 radical (unpaired) electrons. The Bertz CT molecular complexity index is 902. The lowest BCUT2D eigenvalue weighted by molar-refractivity contribution is -0.145. The summed E-state index contributed by atoms with van der Waals surface area (Å²) in [6.07, 6.45) is 0. The predicted octanol–water partition coefficient (Wildman–Crippen LogP) is 3.13. The van der Waals surface area contributed by atoms with Crippen LogP contribution in [0.4, 0.5) is 5.82 Å². The molecule has 7 nitrogen and oxygen atoms in total. The van der Waals surface area contributed by atoms with E-state index < -0.39 is 0 Å². The van der Waals surface area contributed by atoms with Gasteiger partial charge >= 0.3 is 5.97 Å². The number of likely N-dealkylation sites (tertiary alicyclic amines) is 1. The van der Waals surface area contributed by atoms with Crippen molar-refractivity contribution < 1.29 is 9.53 Å². The topological polar surface area (TPSA) is 70.1 Å². The summed E-state index contributed by atoms with van der Waals surface area (Å²) in [5, 5.41) is 4.49. The highest BCUT2D eigenvalue weighted by Gasteiger charge is 2.36. The van der Waals surface area contributed by atoms with Crippen molar-refractivity contribution in [3.8, 4) is 0 Å². The Balaban J connectivity index is 0.00000320. The van der Waals surface area contributed by atoms with Gasteiger partial charge in [-0.05, 0) is 30.5 Å². The molecule has 1 aliphatic heterocycles. The van der Waals surface area contributed by atoms with Crippen LogP contribution in [0.3, 0.4) is 0 Å². The summed E-state index contributed by atoms with van der Waals surface area (Å²) < 4.78 is 4.97. The van der Waals surface area contributed by atoms with Crippen LogP contribution in [0.2, 0.25) is 0 Å². The Hall–Kier alpha value is -2.10. The van der Waals surface area contributed by atoms with Crippen LogP contribution in [-0.2, 0) is 16.1 Å². The van der Waals surface area contributed by atoms with E-state index in [9.17, 15) is 4.79 Å². The standard InChI is InChI=1S/C22H31N5O2.HI/c1-6-23-22(27-13-15(2)18(14-27)21(28)29-5)24-12-16-11-20(26(3)4)25-19-10-8-7-9-17(16)19;/h7-11,15,18H,6,12-14H2,1-5H3,(H,23,24);1H. The molecule has 0 bridgehead atoms. The smallest absolute Gasteiger partial charge is 0.310 e. The number of rotatable bonds is 5. The fourth-order valence-corrected chi connectivity index (χ4v) is 3.78. The zero-order valence-corrected chi connectivity index (χ0v) is 20.7. The average Bonchev–Trinajstić information content (AvgIpc) is 3.11. The van der Waals surface area contributed by atoms with Crippen LogP contribution < -0.4 is 10.2 Å². The van der Waals surface area contributed by atoms with Gasteiger partial charge in [0.15, 0.2) is 5.96 Å². The quantitative estimate of drug-likeness (QED) is 0.280. The largest absolute Gasteiger partial charge is 0.469 e. The van der Waals surface area contributed by atoms with Gasteiger partial charge in [-0.15, -0.1) is 24.0 Å². The lowest BCUT2D eigenvalue weighted by Crippen LogP contribution is -2.40. The van der Waals surface area contributed by atoms with Gasteiger partial charge in [-0.3, -0.25) is 4.79 Å². The van der Waals surface area contributed by atoms with Crippen LogP contribution in [0.1, 0.15) is 19.4 Å². The van der Waals surface area contributed by atoms with Crippen LogP contribution in [0.15, 0.2) is 35.3 Å². The fraction of sp³-hybridized carbons (Fsp3) is 0.500. The van der Waals surface area contributed by atoms with Gasteiger partial charge in [0.2, 0.25) is 0 Å². The molecule has 1 aromatic carbocycles. The molecule has 1 fully saturated rings. The third kappa shape index (κ3) is 5.33. The summed E-state index contributed by atoms with van der Waals surface area (Å²) in [5.41, 5.74) is 2.10. The van der Waals surface area contributed by atoms with E-state index in [4.69, 9.17) is 14.7 Å². The van der Waals surface area contributed by atoms with E-state index >= 15 is 0 Å². The molecule has 2 unspecified atom stereocenters. The van der Waals surface area contributed by atoms with E-state index in [-0.39, 0.29) is 41.8 Å². The van der Waals surface area contributed by atoms with E-state index in [0.29, 0.717) is 13.1 Å². The number of anilines is 1. The average molecular weight is 525 g/mol. The number of hydrogen-bond donors (Lipinski definition) is 1. The van der Waals surface area contributed by atoms with Crippen molar-refractivity contribution in [2.75, 3.05) is 45.7 Å². The first-order valence-electron chi connectivity index (χ1n) is 10.1. The normalized spacial score (nSPS) is 18.8. The first-order valence-corrected chi connectivity index (χ1v) is 10.1. The van der Waals surface area contributed by atoms with Crippen molar-refractivity contribution in [1.29, 1.82) is 0 Å². The summed E-state index contributed by atoms with van der Waals surface area (Å²) in [4.78, 5) is 25.9. The highest BCUT2D eigenvalue weighted by Crippen LogP contribution is 2.25. The van der Waals surface area contributed by atoms with Gasteiger partial charge in [0.05, 0.1) is 25.1 Å². The molecule has 0 amide bonds. The number of carbonyl (C=O) groups is 1. The number of aromatic nitrogens is 1. The Morgan fingerprint density at radius 3 is 2.73 bits per heavy atom. The molecule has 164 valence electrons. The van der Waals surface area contributed by atoms with Gasteiger partial charge in [0.25, 0.3) is 0 Å². The van der Waals surface area contributed by atoms with Gasteiger partial charge in [-0.2, -0.15) is 0 Å². The van der Waals surface area contributed by atoms with Crippen molar-refractivity contribution in [3.63, 3.8) is 0 Å². The minimum absolute atomic E-state index is 0. The molecule has 0 saturated carbocycles. The molecule has 1 aromatic heterocycles. The van der Waals surface area contributed by atoms with Crippen LogP contribution >= 0.6 is 24.0 Å². The maximum atomic E-state index is 12.1. The zero-order valence-electron chi connectivity index (χ0n) is 18.4. The molecular weight excluding hydrogens is 493 g/mol. The SMILES string of the molecule is CCNC(=NCc1cc(N(C)C)nc2ccccc12)N1CC(C)C(C(=O)OC)C1.I. The number of aliphatic imine (C=N–C) groups is 1. The van der Waals surface area contributed by atoms with Crippen LogP contribution in [-0.4, -0.2) is 62.7 Å². The molecule has 0 spiro atoms. The minimum Gasteiger partial charge on any atom is -0.469 e. The van der Waals surface area contributed by atoms with Gasteiger partial charge in [-0.25, -0.2) is 9.98 Å². The van der Waals surface area contributed by atoms with Crippen LogP contribution in [0.5, 0.6) is 0 Å². The second kappa shape index (κ2) is 10.8. The molecule has 8 heteroatoms. The third-order valence-corrected chi connectivity index (χ3v) is 5.40. The van der Waals surface area contributed by atoms with E-state index in [1.807, 2.05) is 37.2 Å². The third-order valence-electron chi connectivity index (χ3n) is 5.40. The fourth-order valence-electron chi connectivity index (χ4n) is 3.78. The van der Waals surface area contributed by atoms with Gasteiger partial charge in [-0.1, -0.05) is 25.1 Å². The highest BCUT2D eigenvalue weighted by molar-refractivity contribution is 14.0. The first kappa shape index (κ1) is 24.2. The number of fused-ring (bicyclic) bond motifs is 1. The molecule has 2 atom stereocenters. The molecule has 0 aliphatic carbocycles. The number of benzene rings is 1. The van der Waals surface area contributed by atoms with Gasteiger partial charge in [0.1, 0.15) is 5.82 Å². The minimum atomic E-state index is -0.147. The lowest BCUT2D eigenvalue weighted by Gasteiger charge is -2.22. The van der Waals surface area contributed by atoms with Crippen molar-refractivity contribution in [2.45, 2.75) is 20.4 Å². The van der Waals surface area contributed by atoms with Crippen molar-refractivity contribution in [1.82, 2.24) is 15.2 Å². The van der Waals surface area contributed by atoms with Crippen LogP contribution in [0.25, 0.3) is 10.9 Å². The predicted molar refractivity (Wildman–Crippen MR) is 133 cm³/mol. The van der Waals surface area contributed by atoms with Crippen molar-refractivity contribution in [2.24, 2.45) is 16.8 Å². The maximum Gasteiger partial charge on any atom is 0.310 e. The Morgan fingerprint density at radius 2 is 2.07 bits per heavy atom. The molecule has 3 rings (SSSR count). The molecule has 1 N–H and O–H groups in total. The lowest BCUT2D eigenvalue weighted by atomic mass is 9.99. The van der Waals surface area contributed by atoms with Crippen molar-refractivity contribution >= 4 is 52.6 Å². The van der Waals surface area contributed by atoms with E-state index in [1.54, 1.807) is 0 Å².